The van der Waals surface area contributed by atoms with Crippen molar-refractivity contribution in [1.82, 2.24) is 10.2 Å². The van der Waals surface area contributed by atoms with E-state index in [-0.39, 0.29) is 18.0 Å². The number of halogens is 1. The van der Waals surface area contributed by atoms with Gasteiger partial charge in [-0.3, -0.25) is 4.79 Å². The van der Waals surface area contributed by atoms with Crippen molar-refractivity contribution in [2.75, 3.05) is 11.9 Å². The Bertz CT molecular complexity index is 693. The first kappa shape index (κ1) is 14.6. The number of aliphatic hydroxyl groups excluding tert-OH is 1. The van der Waals surface area contributed by atoms with Crippen molar-refractivity contribution < 1.29 is 14.3 Å². The smallest absolute Gasteiger partial charge is 0.259 e. The molecule has 21 heavy (non-hydrogen) atoms. The van der Waals surface area contributed by atoms with Crippen LogP contribution in [0.3, 0.4) is 0 Å². The molecule has 1 heterocycles. The number of nitrogens with one attached hydrogen (secondary N) is 1. The van der Waals surface area contributed by atoms with E-state index in [1.807, 2.05) is 0 Å². The molecule has 5 nitrogen and oxygen atoms in total. The fourth-order valence-corrected chi connectivity index (χ4v) is 1.55. The molecule has 0 radical (unpaired) electrons. The Labute approximate surface area is 120 Å². The Hall–Kier alpha value is -2.78. The van der Waals surface area contributed by atoms with Gasteiger partial charge in [-0.2, -0.15) is 5.10 Å². The van der Waals surface area contributed by atoms with E-state index in [0.29, 0.717) is 12.0 Å². The Morgan fingerprint density at radius 2 is 2.24 bits per heavy atom. The van der Waals surface area contributed by atoms with E-state index in [1.165, 1.54) is 18.3 Å². The standard InChI is InChI=1S/C15H12FN3O2/c16-13-10-11(4-1-2-9-20)6-7-12(13)15(21)18-14-5-3-8-17-19-14/h3,5-8,10,20H,2,9H2,(H,18,19,21). The number of aromatic nitrogens is 2. The van der Waals surface area contributed by atoms with Crippen LogP contribution in [0.5, 0.6) is 0 Å². The quantitative estimate of drug-likeness (QED) is 0.840. The monoisotopic (exact) mass is 285 g/mol. The van der Waals surface area contributed by atoms with Crippen LogP contribution in [0.4, 0.5) is 10.2 Å². The maximum Gasteiger partial charge on any atom is 0.259 e. The highest BCUT2D eigenvalue weighted by Crippen LogP contribution is 2.12. The number of hydrogen-bond acceptors (Lipinski definition) is 4. The Morgan fingerprint density at radius 1 is 1.38 bits per heavy atom. The molecule has 0 aliphatic rings. The number of hydrogen-bond donors (Lipinski definition) is 2. The molecule has 0 fully saturated rings. The van der Waals surface area contributed by atoms with Crippen molar-refractivity contribution in [1.29, 1.82) is 0 Å². The molecule has 0 atom stereocenters. The fourth-order valence-electron chi connectivity index (χ4n) is 1.55. The molecule has 0 saturated carbocycles. The number of nitrogens with zero attached hydrogens (tertiary/aromatic N) is 2. The van der Waals surface area contributed by atoms with E-state index < -0.39 is 11.7 Å². The molecule has 0 aliphatic heterocycles. The second kappa shape index (κ2) is 7.12. The van der Waals surface area contributed by atoms with Gasteiger partial charge in [0, 0.05) is 18.2 Å². The lowest BCUT2D eigenvalue weighted by molar-refractivity contribution is 0.102. The van der Waals surface area contributed by atoms with Crippen LogP contribution in [-0.2, 0) is 0 Å². The topological polar surface area (TPSA) is 75.1 Å². The minimum Gasteiger partial charge on any atom is -0.395 e. The van der Waals surface area contributed by atoms with E-state index in [2.05, 4.69) is 27.4 Å². The molecular weight excluding hydrogens is 273 g/mol. The van der Waals surface area contributed by atoms with Crippen LogP contribution in [0.2, 0.25) is 0 Å². The van der Waals surface area contributed by atoms with Crippen LogP contribution in [0.1, 0.15) is 22.3 Å². The summed E-state index contributed by atoms with van der Waals surface area (Å²) in [5, 5.41) is 18.4. The molecule has 2 rings (SSSR count). The summed E-state index contributed by atoms with van der Waals surface area (Å²) in [5.74, 6) is 4.34. The van der Waals surface area contributed by atoms with Crippen LogP contribution in [-0.4, -0.2) is 27.8 Å². The van der Waals surface area contributed by atoms with Crippen LogP contribution in [0.15, 0.2) is 36.5 Å². The molecule has 2 aromatic rings. The van der Waals surface area contributed by atoms with Gasteiger partial charge in [-0.1, -0.05) is 11.8 Å². The van der Waals surface area contributed by atoms with Crippen LogP contribution < -0.4 is 5.32 Å². The third-order valence-electron chi connectivity index (χ3n) is 2.50. The third kappa shape index (κ3) is 4.09. The van der Waals surface area contributed by atoms with E-state index in [4.69, 9.17) is 5.11 Å². The molecule has 1 aromatic heterocycles. The number of anilines is 1. The SMILES string of the molecule is O=C(Nc1cccnn1)c1ccc(C#CCCO)cc1F. The molecule has 6 heteroatoms. The molecule has 0 aliphatic carbocycles. The van der Waals surface area contributed by atoms with Crippen LogP contribution in [0.25, 0.3) is 0 Å². The Kier molecular flexibility index (Phi) is 4.96. The molecule has 0 bridgehead atoms. The molecule has 2 N–H and O–H groups in total. The number of rotatable bonds is 3. The lowest BCUT2D eigenvalue weighted by Crippen LogP contribution is -2.15. The summed E-state index contributed by atoms with van der Waals surface area (Å²) in [4.78, 5) is 11.9. The normalized spacial score (nSPS) is 9.62. The van der Waals surface area contributed by atoms with Crippen molar-refractivity contribution in [3.63, 3.8) is 0 Å². The van der Waals surface area contributed by atoms with Gasteiger partial charge in [-0.05, 0) is 30.3 Å². The van der Waals surface area contributed by atoms with Crippen molar-refractivity contribution in [3.05, 3.63) is 53.5 Å². The van der Waals surface area contributed by atoms with E-state index >= 15 is 0 Å². The van der Waals surface area contributed by atoms with E-state index in [1.54, 1.807) is 18.2 Å². The highest BCUT2D eigenvalue weighted by atomic mass is 19.1. The summed E-state index contributed by atoms with van der Waals surface area (Å²) < 4.78 is 13.9. The summed E-state index contributed by atoms with van der Waals surface area (Å²) >= 11 is 0. The molecule has 0 spiro atoms. The highest BCUT2D eigenvalue weighted by molar-refractivity contribution is 6.03. The van der Waals surface area contributed by atoms with Crippen molar-refractivity contribution in [3.8, 4) is 11.8 Å². The summed E-state index contributed by atoms with van der Waals surface area (Å²) in [6, 6.07) is 7.23. The van der Waals surface area contributed by atoms with Crippen molar-refractivity contribution in [2.45, 2.75) is 6.42 Å². The first-order chi connectivity index (χ1) is 10.2. The predicted molar refractivity (Wildman–Crippen MR) is 75.0 cm³/mol. The van der Waals surface area contributed by atoms with Crippen molar-refractivity contribution >= 4 is 11.7 Å². The minimum atomic E-state index is -0.674. The average molecular weight is 285 g/mol. The first-order valence-corrected chi connectivity index (χ1v) is 6.19. The maximum absolute atomic E-state index is 13.9. The van der Waals surface area contributed by atoms with Gasteiger partial charge in [-0.15, -0.1) is 5.10 Å². The highest BCUT2D eigenvalue weighted by Gasteiger charge is 2.12. The first-order valence-electron chi connectivity index (χ1n) is 6.19. The second-order valence-electron chi connectivity index (χ2n) is 4.03. The molecule has 1 aromatic carbocycles. The maximum atomic E-state index is 13.9. The largest absolute Gasteiger partial charge is 0.395 e. The van der Waals surface area contributed by atoms with Gasteiger partial charge >= 0.3 is 0 Å². The number of aliphatic hydroxyl groups is 1. The lowest BCUT2D eigenvalue weighted by Gasteiger charge is -2.04. The van der Waals surface area contributed by atoms with Crippen LogP contribution in [0, 0.1) is 17.7 Å². The minimum absolute atomic E-state index is 0.0475. The van der Waals surface area contributed by atoms with E-state index in [0.717, 1.165) is 0 Å². The molecule has 106 valence electrons. The summed E-state index contributed by atoms with van der Waals surface area (Å²) in [7, 11) is 0. The Morgan fingerprint density at radius 3 is 2.90 bits per heavy atom. The van der Waals surface area contributed by atoms with Gasteiger partial charge in [0.15, 0.2) is 5.82 Å². The zero-order valence-electron chi connectivity index (χ0n) is 11.0. The van der Waals surface area contributed by atoms with Gasteiger partial charge < -0.3 is 10.4 Å². The lowest BCUT2D eigenvalue weighted by atomic mass is 10.1. The van der Waals surface area contributed by atoms with Gasteiger partial charge in [-0.25, -0.2) is 4.39 Å². The van der Waals surface area contributed by atoms with Crippen molar-refractivity contribution in [2.24, 2.45) is 0 Å². The molecule has 0 unspecified atom stereocenters. The van der Waals surface area contributed by atoms with Gasteiger partial charge in [0.2, 0.25) is 0 Å². The predicted octanol–water partition coefficient (Wildman–Crippen LogP) is 1.60. The summed E-state index contributed by atoms with van der Waals surface area (Å²) in [5.41, 5.74) is 0.338. The third-order valence-corrected chi connectivity index (χ3v) is 2.50. The summed E-state index contributed by atoms with van der Waals surface area (Å²) in [6.07, 6.45) is 1.78. The zero-order chi connectivity index (χ0) is 15.1. The molecular formula is C15H12FN3O2. The van der Waals surface area contributed by atoms with E-state index in [9.17, 15) is 9.18 Å². The average Bonchev–Trinajstić information content (AvgIpc) is 2.48. The number of carbonyl (C=O) groups excluding carboxylic acids is 1. The Balaban J connectivity index is 2.14. The van der Waals surface area contributed by atoms with Gasteiger partial charge in [0.1, 0.15) is 5.82 Å². The number of carbonyl (C=O) groups is 1. The molecule has 1 amide bonds. The van der Waals surface area contributed by atoms with Crippen LogP contribution >= 0.6 is 0 Å². The van der Waals surface area contributed by atoms with Gasteiger partial charge in [0.05, 0.1) is 12.2 Å². The fraction of sp³-hybridized carbons (Fsp3) is 0.133. The second-order valence-corrected chi connectivity index (χ2v) is 4.03. The number of benzene rings is 1. The summed E-state index contributed by atoms with van der Waals surface area (Å²) in [6.45, 7) is -0.0475. The zero-order valence-corrected chi connectivity index (χ0v) is 11.0. The molecule has 0 saturated heterocycles. The number of amides is 1. The van der Waals surface area contributed by atoms with Gasteiger partial charge in [0.25, 0.3) is 5.91 Å².